The van der Waals surface area contributed by atoms with E-state index in [0.29, 0.717) is 6.61 Å². The Labute approximate surface area is 150 Å². The molecule has 1 heterocycles. The van der Waals surface area contributed by atoms with Gasteiger partial charge in [0.2, 0.25) is 0 Å². The number of likely N-dealkylation sites (N-methyl/N-ethyl adjacent to an activating group) is 1. The average molecular weight is 337 g/mol. The predicted molar refractivity (Wildman–Crippen MR) is 106 cm³/mol. The number of benzene rings is 2. The van der Waals surface area contributed by atoms with Crippen LogP contribution in [0.4, 0.5) is 11.4 Å². The van der Waals surface area contributed by atoms with Gasteiger partial charge in [-0.3, -0.25) is 4.99 Å². The van der Waals surface area contributed by atoms with Crippen LogP contribution in [0.1, 0.15) is 19.4 Å². The lowest BCUT2D eigenvalue weighted by atomic mass is 10.2. The van der Waals surface area contributed by atoms with Crippen molar-refractivity contribution in [2.45, 2.75) is 13.8 Å². The Hall–Kier alpha value is -2.33. The van der Waals surface area contributed by atoms with Gasteiger partial charge in [0, 0.05) is 38.1 Å². The summed E-state index contributed by atoms with van der Waals surface area (Å²) in [6.07, 6.45) is 1.89. The summed E-state index contributed by atoms with van der Waals surface area (Å²) >= 11 is 0. The first-order chi connectivity index (χ1) is 12.3. The fourth-order valence-electron chi connectivity index (χ4n) is 3.04. The molecule has 1 fully saturated rings. The molecule has 2 aromatic rings. The van der Waals surface area contributed by atoms with Crippen molar-refractivity contribution >= 4 is 17.6 Å². The number of hydrogen-bond donors (Lipinski definition) is 0. The van der Waals surface area contributed by atoms with Crippen molar-refractivity contribution in [3.05, 3.63) is 54.1 Å². The second-order valence-electron chi connectivity index (χ2n) is 6.20. The first kappa shape index (κ1) is 17.5. The molecule has 4 nitrogen and oxygen atoms in total. The molecule has 0 unspecified atom stereocenters. The third kappa shape index (κ3) is 4.83. The van der Waals surface area contributed by atoms with E-state index < -0.39 is 0 Å². The van der Waals surface area contributed by atoms with Gasteiger partial charge >= 0.3 is 0 Å². The van der Waals surface area contributed by atoms with Crippen molar-refractivity contribution in [2.75, 3.05) is 44.2 Å². The van der Waals surface area contributed by atoms with E-state index in [2.05, 4.69) is 46.0 Å². The third-order valence-electron chi connectivity index (χ3n) is 4.59. The fourth-order valence-corrected chi connectivity index (χ4v) is 3.04. The number of hydrogen-bond acceptors (Lipinski definition) is 4. The van der Waals surface area contributed by atoms with Gasteiger partial charge in [0.15, 0.2) is 0 Å². The predicted octanol–water partition coefficient (Wildman–Crippen LogP) is 3.98. The molecule has 132 valence electrons. The standard InChI is InChI=1S/C21H27N3O/c1-3-23-13-15-24(16-14-23)20-9-7-19(8-10-20)22-17-18-5-11-21(12-6-18)25-4-2/h5-12,17H,3-4,13-16H2,1-2H3. The van der Waals surface area contributed by atoms with E-state index in [1.807, 2.05) is 37.4 Å². The van der Waals surface area contributed by atoms with Gasteiger partial charge in [-0.2, -0.15) is 0 Å². The highest BCUT2D eigenvalue weighted by atomic mass is 16.5. The summed E-state index contributed by atoms with van der Waals surface area (Å²) in [7, 11) is 0. The van der Waals surface area contributed by atoms with Crippen LogP contribution in [0.2, 0.25) is 0 Å². The van der Waals surface area contributed by atoms with E-state index in [0.717, 1.165) is 49.7 Å². The minimum absolute atomic E-state index is 0.688. The first-order valence-corrected chi connectivity index (χ1v) is 9.12. The molecule has 0 amide bonds. The van der Waals surface area contributed by atoms with Gasteiger partial charge in [0.05, 0.1) is 12.3 Å². The molecule has 1 saturated heterocycles. The van der Waals surface area contributed by atoms with E-state index in [9.17, 15) is 0 Å². The summed E-state index contributed by atoms with van der Waals surface area (Å²) in [5.41, 5.74) is 3.34. The summed E-state index contributed by atoms with van der Waals surface area (Å²) in [6, 6.07) is 16.5. The molecule has 0 atom stereocenters. The number of ether oxygens (including phenoxy) is 1. The molecular formula is C21H27N3O. The molecule has 25 heavy (non-hydrogen) atoms. The van der Waals surface area contributed by atoms with Crippen LogP contribution in [0.5, 0.6) is 5.75 Å². The van der Waals surface area contributed by atoms with Crippen molar-refractivity contribution in [3.8, 4) is 5.75 Å². The van der Waals surface area contributed by atoms with Gasteiger partial charge in [-0.05, 0) is 67.6 Å². The van der Waals surface area contributed by atoms with Crippen LogP contribution in [0.3, 0.4) is 0 Å². The number of anilines is 1. The van der Waals surface area contributed by atoms with Crippen molar-refractivity contribution in [1.29, 1.82) is 0 Å². The third-order valence-corrected chi connectivity index (χ3v) is 4.59. The highest BCUT2D eigenvalue weighted by Crippen LogP contribution is 2.21. The minimum atomic E-state index is 0.688. The Morgan fingerprint density at radius 2 is 1.60 bits per heavy atom. The van der Waals surface area contributed by atoms with E-state index in [1.54, 1.807) is 0 Å². The SMILES string of the molecule is CCOc1ccc(C=Nc2ccc(N3CCN(CC)CC3)cc2)cc1. The molecule has 2 aromatic carbocycles. The van der Waals surface area contributed by atoms with Crippen LogP contribution >= 0.6 is 0 Å². The number of piperazine rings is 1. The lowest BCUT2D eigenvalue weighted by Gasteiger charge is -2.35. The second kappa shape index (κ2) is 8.67. The maximum atomic E-state index is 5.46. The van der Waals surface area contributed by atoms with Crippen LogP contribution in [0.25, 0.3) is 0 Å². The lowest BCUT2D eigenvalue weighted by Crippen LogP contribution is -2.46. The molecule has 1 aliphatic rings. The Morgan fingerprint density at radius 3 is 2.20 bits per heavy atom. The number of nitrogens with zero attached hydrogens (tertiary/aromatic N) is 3. The van der Waals surface area contributed by atoms with Gasteiger partial charge in [-0.1, -0.05) is 6.92 Å². The van der Waals surface area contributed by atoms with Crippen molar-refractivity contribution in [3.63, 3.8) is 0 Å². The monoisotopic (exact) mass is 337 g/mol. The zero-order valence-corrected chi connectivity index (χ0v) is 15.2. The molecule has 0 saturated carbocycles. The van der Waals surface area contributed by atoms with Crippen LogP contribution < -0.4 is 9.64 Å². The van der Waals surface area contributed by atoms with E-state index in [4.69, 9.17) is 4.74 Å². The first-order valence-electron chi connectivity index (χ1n) is 9.12. The van der Waals surface area contributed by atoms with Crippen molar-refractivity contribution in [1.82, 2.24) is 4.90 Å². The molecule has 4 heteroatoms. The molecule has 1 aliphatic heterocycles. The van der Waals surface area contributed by atoms with E-state index in [1.165, 1.54) is 5.69 Å². The molecule has 0 N–H and O–H groups in total. The Bertz CT molecular complexity index is 671. The molecule has 0 spiro atoms. The van der Waals surface area contributed by atoms with Crippen LogP contribution in [0, 0.1) is 0 Å². The van der Waals surface area contributed by atoms with Crippen LogP contribution in [0.15, 0.2) is 53.5 Å². The topological polar surface area (TPSA) is 28.1 Å². The Morgan fingerprint density at radius 1 is 0.920 bits per heavy atom. The average Bonchev–Trinajstić information content (AvgIpc) is 2.68. The van der Waals surface area contributed by atoms with Crippen LogP contribution in [-0.2, 0) is 0 Å². The Balaban J connectivity index is 1.58. The minimum Gasteiger partial charge on any atom is -0.494 e. The highest BCUT2D eigenvalue weighted by Gasteiger charge is 2.15. The molecule has 0 radical (unpaired) electrons. The molecular weight excluding hydrogens is 310 g/mol. The van der Waals surface area contributed by atoms with Crippen LogP contribution in [-0.4, -0.2) is 50.4 Å². The zero-order chi connectivity index (χ0) is 17.5. The van der Waals surface area contributed by atoms with Crippen molar-refractivity contribution < 1.29 is 4.74 Å². The fraction of sp³-hybridized carbons (Fsp3) is 0.381. The summed E-state index contributed by atoms with van der Waals surface area (Å²) in [4.78, 5) is 9.51. The van der Waals surface area contributed by atoms with Gasteiger partial charge < -0.3 is 14.5 Å². The quantitative estimate of drug-likeness (QED) is 0.747. The maximum Gasteiger partial charge on any atom is 0.119 e. The van der Waals surface area contributed by atoms with Gasteiger partial charge in [-0.25, -0.2) is 0 Å². The molecule has 3 rings (SSSR count). The van der Waals surface area contributed by atoms with Gasteiger partial charge in [-0.15, -0.1) is 0 Å². The normalized spacial score (nSPS) is 15.7. The van der Waals surface area contributed by atoms with E-state index >= 15 is 0 Å². The largest absolute Gasteiger partial charge is 0.494 e. The highest BCUT2D eigenvalue weighted by molar-refractivity contribution is 5.82. The number of rotatable bonds is 6. The lowest BCUT2D eigenvalue weighted by molar-refractivity contribution is 0.271. The molecule has 0 aliphatic carbocycles. The Kier molecular flexibility index (Phi) is 6.07. The summed E-state index contributed by atoms with van der Waals surface area (Å²) < 4.78 is 5.46. The van der Waals surface area contributed by atoms with Gasteiger partial charge in [0.1, 0.15) is 5.75 Å². The molecule has 0 aromatic heterocycles. The smallest absolute Gasteiger partial charge is 0.119 e. The summed E-state index contributed by atoms with van der Waals surface area (Å²) in [6.45, 7) is 10.5. The summed E-state index contributed by atoms with van der Waals surface area (Å²) in [5, 5.41) is 0. The summed E-state index contributed by atoms with van der Waals surface area (Å²) in [5.74, 6) is 0.896. The maximum absolute atomic E-state index is 5.46. The number of aliphatic imine (C=N–C) groups is 1. The second-order valence-corrected chi connectivity index (χ2v) is 6.20. The van der Waals surface area contributed by atoms with Gasteiger partial charge in [0.25, 0.3) is 0 Å². The van der Waals surface area contributed by atoms with E-state index in [-0.39, 0.29) is 0 Å². The zero-order valence-electron chi connectivity index (χ0n) is 15.2. The van der Waals surface area contributed by atoms with Crippen molar-refractivity contribution in [2.24, 2.45) is 4.99 Å². The molecule has 0 bridgehead atoms.